The summed E-state index contributed by atoms with van der Waals surface area (Å²) in [6, 6.07) is 17.0. The van der Waals surface area contributed by atoms with Gasteiger partial charge in [-0.2, -0.15) is 0 Å². The monoisotopic (exact) mass is 445 g/mol. The molecule has 1 aliphatic rings. The Balaban J connectivity index is 1.45. The van der Waals surface area contributed by atoms with E-state index in [-0.39, 0.29) is 23.9 Å². The van der Waals surface area contributed by atoms with E-state index in [4.69, 9.17) is 13.9 Å². The standard InChI is InChI=1S/C23H15N3O7/c27-22(13-5-10-18-19(11-13)32-12-31-18)25-20-16-3-1-2-4-17(16)33-21(20)23(28)24-14-6-8-15(9-7-14)26(29)30/h1-11H,12H2,(H,24,28)(H,25,27). The van der Waals surface area contributed by atoms with E-state index in [2.05, 4.69) is 10.6 Å². The van der Waals surface area contributed by atoms with Crippen LogP contribution in [0.4, 0.5) is 17.1 Å². The van der Waals surface area contributed by atoms with Crippen LogP contribution in [0, 0.1) is 10.1 Å². The van der Waals surface area contributed by atoms with Crippen LogP contribution in [0.2, 0.25) is 0 Å². The van der Waals surface area contributed by atoms with Crippen LogP contribution in [-0.2, 0) is 0 Å². The Morgan fingerprint density at radius 3 is 2.42 bits per heavy atom. The molecule has 5 rings (SSSR count). The molecule has 4 aromatic rings. The first-order valence-electron chi connectivity index (χ1n) is 9.78. The fourth-order valence-electron chi connectivity index (χ4n) is 3.41. The molecule has 0 aliphatic carbocycles. The van der Waals surface area contributed by atoms with Gasteiger partial charge in [0.25, 0.3) is 17.5 Å². The van der Waals surface area contributed by atoms with Crippen LogP contribution < -0.4 is 20.1 Å². The second kappa shape index (κ2) is 8.00. The second-order valence-electron chi connectivity index (χ2n) is 7.08. The van der Waals surface area contributed by atoms with Crippen LogP contribution >= 0.6 is 0 Å². The predicted octanol–water partition coefficient (Wildman–Crippen LogP) is 4.57. The number of hydrogen-bond donors (Lipinski definition) is 2. The Kier molecular flexibility index (Phi) is 4.87. The van der Waals surface area contributed by atoms with Crippen LogP contribution in [0.25, 0.3) is 11.0 Å². The smallest absolute Gasteiger partial charge is 0.293 e. The molecule has 0 fully saturated rings. The van der Waals surface area contributed by atoms with Crippen LogP contribution in [-0.4, -0.2) is 23.5 Å². The molecule has 0 unspecified atom stereocenters. The maximum absolute atomic E-state index is 13.0. The first kappa shape index (κ1) is 20.1. The summed E-state index contributed by atoms with van der Waals surface area (Å²) in [6.07, 6.45) is 0. The van der Waals surface area contributed by atoms with Crippen molar-refractivity contribution >= 4 is 39.8 Å². The van der Waals surface area contributed by atoms with Crippen LogP contribution in [0.3, 0.4) is 0 Å². The number of nitrogens with one attached hydrogen (secondary N) is 2. The van der Waals surface area contributed by atoms with Crippen LogP contribution in [0.15, 0.2) is 71.1 Å². The van der Waals surface area contributed by atoms with Gasteiger partial charge in [-0.3, -0.25) is 19.7 Å². The number of fused-ring (bicyclic) bond motifs is 2. The third kappa shape index (κ3) is 3.81. The molecule has 164 valence electrons. The molecule has 0 atom stereocenters. The average molecular weight is 445 g/mol. The summed E-state index contributed by atoms with van der Waals surface area (Å²) in [4.78, 5) is 36.2. The summed E-state index contributed by atoms with van der Waals surface area (Å²) < 4.78 is 16.3. The van der Waals surface area contributed by atoms with Crippen molar-refractivity contribution in [1.82, 2.24) is 0 Å². The third-order valence-electron chi connectivity index (χ3n) is 5.01. The van der Waals surface area contributed by atoms with Crippen molar-refractivity contribution in [2.45, 2.75) is 0 Å². The number of furan rings is 1. The Bertz CT molecular complexity index is 1410. The molecular weight excluding hydrogens is 430 g/mol. The Labute approximate surface area is 185 Å². The van der Waals surface area contributed by atoms with Crippen molar-refractivity contribution in [3.8, 4) is 11.5 Å². The van der Waals surface area contributed by atoms with E-state index in [1.807, 2.05) is 0 Å². The van der Waals surface area contributed by atoms with E-state index < -0.39 is 16.7 Å². The highest BCUT2D eigenvalue weighted by Gasteiger charge is 2.24. The maximum atomic E-state index is 13.0. The number of amides is 2. The van der Waals surface area contributed by atoms with Gasteiger partial charge in [0.15, 0.2) is 11.5 Å². The molecule has 2 N–H and O–H groups in total. The number of rotatable bonds is 5. The molecule has 1 aliphatic heterocycles. The van der Waals surface area contributed by atoms with Gasteiger partial charge < -0.3 is 24.5 Å². The summed E-state index contributed by atoms with van der Waals surface area (Å²) in [6.45, 7) is 0.0831. The number of nitro groups is 1. The summed E-state index contributed by atoms with van der Waals surface area (Å²) in [5.41, 5.74) is 1.15. The molecule has 0 spiro atoms. The molecule has 0 bridgehead atoms. The van der Waals surface area contributed by atoms with E-state index in [9.17, 15) is 19.7 Å². The molecule has 1 aromatic heterocycles. The number of para-hydroxylation sites is 1. The molecule has 10 nitrogen and oxygen atoms in total. The van der Waals surface area contributed by atoms with Gasteiger partial charge in [0, 0.05) is 28.8 Å². The number of carbonyl (C=O) groups is 2. The SMILES string of the molecule is O=C(Nc1c(C(=O)Nc2ccc([N+](=O)[O-])cc2)oc2ccccc12)c1ccc2c(c1)OCO2. The van der Waals surface area contributed by atoms with Crippen LogP contribution in [0.1, 0.15) is 20.9 Å². The van der Waals surface area contributed by atoms with E-state index in [0.29, 0.717) is 33.7 Å². The summed E-state index contributed by atoms with van der Waals surface area (Å²) in [5, 5.41) is 16.8. The van der Waals surface area contributed by atoms with Crippen LogP contribution in [0.5, 0.6) is 11.5 Å². The Morgan fingerprint density at radius 1 is 0.879 bits per heavy atom. The lowest BCUT2D eigenvalue weighted by molar-refractivity contribution is -0.384. The van der Waals surface area contributed by atoms with Crippen molar-refractivity contribution in [3.05, 3.63) is 88.2 Å². The lowest BCUT2D eigenvalue weighted by Crippen LogP contribution is -2.17. The molecule has 0 saturated heterocycles. The zero-order valence-electron chi connectivity index (χ0n) is 16.9. The highest BCUT2D eigenvalue weighted by molar-refractivity contribution is 6.17. The molecule has 0 radical (unpaired) electrons. The summed E-state index contributed by atoms with van der Waals surface area (Å²) in [5.74, 6) is -0.201. The fourth-order valence-corrected chi connectivity index (χ4v) is 3.41. The Hall–Kier alpha value is -4.86. The molecular formula is C23H15N3O7. The predicted molar refractivity (Wildman–Crippen MR) is 118 cm³/mol. The minimum Gasteiger partial charge on any atom is -0.454 e. The van der Waals surface area contributed by atoms with Gasteiger partial charge in [0.1, 0.15) is 11.3 Å². The second-order valence-corrected chi connectivity index (χ2v) is 7.08. The molecule has 2 heterocycles. The van der Waals surface area contributed by atoms with Crippen molar-refractivity contribution in [1.29, 1.82) is 0 Å². The lowest BCUT2D eigenvalue weighted by atomic mass is 10.1. The summed E-state index contributed by atoms with van der Waals surface area (Å²) >= 11 is 0. The molecule has 0 saturated carbocycles. The fraction of sp³-hybridized carbons (Fsp3) is 0.0435. The number of carbonyl (C=O) groups excluding carboxylic acids is 2. The number of nitro benzene ring substituents is 1. The normalized spacial score (nSPS) is 11.9. The molecule has 33 heavy (non-hydrogen) atoms. The number of ether oxygens (including phenoxy) is 2. The Morgan fingerprint density at radius 2 is 1.64 bits per heavy atom. The molecule has 2 amide bonds. The van der Waals surface area contributed by atoms with Crippen molar-refractivity contribution in [2.75, 3.05) is 17.4 Å². The van der Waals surface area contributed by atoms with Gasteiger partial charge in [-0.1, -0.05) is 12.1 Å². The first-order valence-corrected chi connectivity index (χ1v) is 9.78. The number of anilines is 2. The van der Waals surface area contributed by atoms with Gasteiger partial charge in [0.05, 0.1) is 4.92 Å². The highest BCUT2D eigenvalue weighted by Crippen LogP contribution is 2.34. The minimum absolute atomic E-state index is 0.0831. The first-order chi connectivity index (χ1) is 16.0. The van der Waals surface area contributed by atoms with E-state index in [1.165, 1.54) is 24.3 Å². The minimum atomic E-state index is -0.624. The highest BCUT2D eigenvalue weighted by atomic mass is 16.7. The largest absolute Gasteiger partial charge is 0.454 e. The summed E-state index contributed by atoms with van der Waals surface area (Å²) in [7, 11) is 0. The quantitative estimate of drug-likeness (QED) is 0.339. The lowest BCUT2D eigenvalue weighted by Gasteiger charge is -2.08. The van der Waals surface area contributed by atoms with Crippen molar-refractivity contribution < 1.29 is 28.4 Å². The third-order valence-corrected chi connectivity index (χ3v) is 5.01. The number of hydrogen-bond acceptors (Lipinski definition) is 7. The number of non-ortho nitro benzene ring substituents is 1. The topological polar surface area (TPSA) is 133 Å². The van der Waals surface area contributed by atoms with E-state index in [0.717, 1.165) is 0 Å². The average Bonchev–Trinajstić information content (AvgIpc) is 3.44. The van der Waals surface area contributed by atoms with E-state index in [1.54, 1.807) is 42.5 Å². The molecule has 10 heteroatoms. The van der Waals surface area contributed by atoms with Crippen molar-refractivity contribution in [2.24, 2.45) is 0 Å². The zero-order chi connectivity index (χ0) is 22.9. The maximum Gasteiger partial charge on any atom is 0.293 e. The van der Waals surface area contributed by atoms with Gasteiger partial charge in [-0.25, -0.2) is 0 Å². The zero-order valence-corrected chi connectivity index (χ0v) is 16.9. The number of benzene rings is 3. The van der Waals surface area contributed by atoms with E-state index >= 15 is 0 Å². The van der Waals surface area contributed by atoms with Gasteiger partial charge in [0.2, 0.25) is 12.6 Å². The molecule has 3 aromatic carbocycles. The van der Waals surface area contributed by atoms with Gasteiger partial charge >= 0.3 is 0 Å². The van der Waals surface area contributed by atoms with Crippen molar-refractivity contribution in [3.63, 3.8) is 0 Å². The van der Waals surface area contributed by atoms with Gasteiger partial charge in [-0.15, -0.1) is 0 Å². The van der Waals surface area contributed by atoms with Gasteiger partial charge in [-0.05, 0) is 42.5 Å². The number of nitrogens with zero attached hydrogens (tertiary/aromatic N) is 1.